The molecule has 0 atom stereocenters. The minimum atomic E-state index is 0.914. The van der Waals surface area contributed by atoms with E-state index in [1.807, 2.05) is 18.2 Å². The molecule has 0 radical (unpaired) electrons. The van der Waals surface area contributed by atoms with E-state index >= 15 is 0 Å². The lowest BCUT2D eigenvalue weighted by atomic mass is 10.4. The Morgan fingerprint density at radius 1 is 1.56 bits per heavy atom. The monoisotopic (exact) mass is 297 g/mol. The highest BCUT2D eigenvalue weighted by Crippen LogP contribution is 2.08. The van der Waals surface area contributed by atoms with Crippen LogP contribution >= 0.6 is 38.5 Å². The largest absolute Gasteiger partial charge is 0.245 e. The smallest absolute Gasteiger partial charge is 0.106 e. The Morgan fingerprint density at radius 3 is 2.78 bits per heavy atom. The number of alkyl halides is 1. The highest BCUT2D eigenvalue weighted by molar-refractivity contribution is 14.1. The van der Waals surface area contributed by atoms with E-state index in [0.29, 0.717) is 0 Å². The first-order valence-electron chi connectivity index (χ1n) is 2.50. The molecule has 1 nitrogen and oxygen atoms in total. The fourth-order valence-electron chi connectivity index (χ4n) is 0.525. The number of nitrogens with zero attached hydrogens (tertiary/aromatic N) is 1. The van der Waals surface area contributed by atoms with Gasteiger partial charge in [0, 0.05) is 4.43 Å². The van der Waals surface area contributed by atoms with Gasteiger partial charge in [0.15, 0.2) is 0 Å². The van der Waals surface area contributed by atoms with Gasteiger partial charge >= 0.3 is 0 Å². The van der Waals surface area contributed by atoms with Crippen LogP contribution in [0.1, 0.15) is 5.69 Å². The SMILES string of the molecule is Brc1cccc(CI)n1. The fourth-order valence-corrected chi connectivity index (χ4v) is 1.33. The van der Waals surface area contributed by atoms with E-state index in [9.17, 15) is 0 Å². The summed E-state index contributed by atoms with van der Waals surface area (Å²) in [5.74, 6) is 0. The maximum Gasteiger partial charge on any atom is 0.106 e. The number of aromatic nitrogens is 1. The fraction of sp³-hybridized carbons (Fsp3) is 0.167. The van der Waals surface area contributed by atoms with Crippen LogP contribution in [0.2, 0.25) is 0 Å². The van der Waals surface area contributed by atoms with Gasteiger partial charge in [0.1, 0.15) is 4.60 Å². The second-order valence-electron chi connectivity index (χ2n) is 1.59. The van der Waals surface area contributed by atoms with Gasteiger partial charge in [-0.25, -0.2) is 4.98 Å². The van der Waals surface area contributed by atoms with E-state index in [0.717, 1.165) is 14.7 Å². The van der Waals surface area contributed by atoms with Crippen molar-refractivity contribution in [3.05, 3.63) is 28.5 Å². The summed E-state index contributed by atoms with van der Waals surface area (Å²) in [6.45, 7) is 0. The van der Waals surface area contributed by atoms with Gasteiger partial charge in [0.2, 0.25) is 0 Å². The molecule has 0 aliphatic carbocycles. The average molecular weight is 298 g/mol. The molecule has 1 heterocycles. The lowest BCUT2D eigenvalue weighted by molar-refractivity contribution is 1.16. The topological polar surface area (TPSA) is 12.9 Å². The van der Waals surface area contributed by atoms with E-state index in [1.165, 1.54) is 0 Å². The molecule has 0 amide bonds. The second kappa shape index (κ2) is 3.51. The number of hydrogen-bond acceptors (Lipinski definition) is 1. The predicted molar refractivity (Wildman–Crippen MR) is 49.7 cm³/mol. The highest BCUT2D eigenvalue weighted by atomic mass is 127. The van der Waals surface area contributed by atoms with Gasteiger partial charge in [-0.05, 0) is 28.1 Å². The third kappa shape index (κ3) is 2.21. The molecule has 1 aromatic heterocycles. The molecule has 0 spiro atoms. The number of halogens is 2. The zero-order valence-electron chi connectivity index (χ0n) is 4.64. The normalized spacial score (nSPS) is 9.56. The van der Waals surface area contributed by atoms with Crippen molar-refractivity contribution < 1.29 is 0 Å². The summed E-state index contributed by atoms with van der Waals surface area (Å²) in [6, 6.07) is 5.93. The van der Waals surface area contributed by atoms with Gasteiger partial charge in [-0.2, -0.15) is 0 Å². The van der Waals surface area contributed by atoms with Crippen LogP contribution in [-0.4, -0.2) is 4.98 Å². The Labute approximate surface area is 76.1 Å². The highest BCUT2D eigenvalue weighted by Gasteiger charge is 1.89. The molecule has 0 aliphatic heterocycles. The molecule has 0 aromatic carbocycles. The molecule has 0 aliphatic rings. The van der Waals surface area contributed by atoms with Crippen molar-refractivity contribution in [1.29, 1.82) is 0 Å². The van der Waals surface area contributed by atoms with Crippen molar-refractivity contribution in [2.75, 3.05) is 0 Å². The van der Waals surface area contributed by atoms with Crippen LogP contribution in [0.3, 0.4) is 0 Å². The van der Waals surface area contributed by atoms with Crippen molar-refractivity contribution in [1.82, 2.24) is 4.98 Å². The maximum absolute atomic E-state index is 4.20. The standard InChI is InChI=1S/C6H5BrIN/c7-6-3-1-2-5(4-8)9-6/h1-3H,4H2. The Balaban J connectivity index is 2.94. The minimum absolute atomic E-state index is 0.914. The lowest BCUT2D eigenvalue weighted by Gasteiger charge is -1.92. The maximum atomic E-state index is 4.20. The lowest BCUT2D eigenvalue weighted by Crippen LogP contribution is -1.82. The Hall–Kier alpha value is 0.360. The van der Waals surface area contributed by atoms with Gasteiger partial charge in [0.25, 0.3) is 0 Å². The summed E-state index contributed by atoms with van der Waals surface area (Å²) < 4.78 is 1.88. The predicted octanol–water partition coefficient (Wildman–Crippen LogP) is 2.78. The van der Waals surface area contributed by atoms with Crippen molar-refractivity contribution in [3.8, 4) is 0 Å². The molecule has 3 heteroatoms. The number of rotatable bonds is 1. The number of hydrogen-bond donors (Lipinski definition) is 0. The Bertz CT molecular complexity index is 202. The summed E-state index contributed by atoms with van der Waals surface area (Å²) in [5, 5.41) is 0. The van der Waals surface area contributed by atoms with E-state index in [4.69, 9.17) is 0 Å². The first-order valence-corrected chi connectivity index (χ1v) is 4.82. The van der Waals surface area contributed by atoms with Crippen LogP contribution in [0, 0.1) is 0 Å². The zero-order chi connectivity index (χ0) is 6.69. The second-order valence-corrected chi connectivity index (χ2v) is 3.16. The molecular weight excluding hydrogens is 293 g/mol. The van der Waals surface area contributed by atoms with E-state index in [1.54, 1.807) is 0 Å². The third-order valence-electron chi connectivity index (χ3n) is 0.910. The first-order chi connectivity index (χ1) is 4.33. The molecule has 1 rings (SSSR count). The van der Waals surface area contributed by atoms with Crippen molar-refractivity contribution in [3.63, 3.8) is 0 Å². The molecule has 0 saturated carbocycles. The van der Waals surface area contributed by atoms with Crippen LogP contribution in [0.4, 0.5) is 0 Å². The van der Waals surface area contributed by atoms with Gasteiger partial charge in [-0.15, -0.1) is 0 Å². The quantitative estimate of drug-likeness (QED) is 0.441. The molecule has 48 valence electrons. The molecule has 9 heavy (non-hydrogen) atoms. The van der Waals surface area contributed by atoms with Crippen LogP contribution in [0.25, 0.3) is 0 Å². The molecule has 1 aromatic rings. The minimum Gasteiger partial charge on any atom is -0.245 e. The molecule has 0 fully saturated rings. The molecule has 0 bridgehead atoms. The van der Waals surface area contributed by atoms with Crippen LogP contribution in [0.15, 0.2) is 22.8 Å². The first kappa shape index (κ1) is 7.47. The summed E-state index contributed by atoms with van der Waals surface area (Å²) in [5.41, 5.74) is 1.12. The summed E-state index contributed by atoms with van der Waals surface area (Å²) in [7, 11) is 0. The molecule has 0 unspecified atom stereocenters. The van der Waals surface area contributed by atoms with Crippen molar-refractivity contribution in [2.24, 2.45) is 0 Å². The van der Waals surface area contributed by atoms with Crippen molar-refractivity contribution in [2.45, 2.75) is 4.43 Å². The van der Waals surface area contributed by atoms with Crippen LogP contribution in [-0.2, 0) is 4.43 Å². The van der Waals surface area contributed by atoms with Crippen molar-refractivity contribution >= 4 is 38.5 Å². The van der Waals surface area contributed by atoms with Gasteiger partial charge in [-0.1, -0.05) is 28.7 Å². The summed E-state index contributed by atoms with van der Waals surface area (Å²) in [6.07, 6.45) is 0. The zero-order valence-corrected chi connectivity index (χ0v) is 8.39. The summed E-state index contributed by atoms with van der Waals surface area (Å²) >= 11 is 5.58. The molecule has 0 saturated heterocycles. The van der Waals surface area contributed by atoms with Gasteiger partial charge in [-0.3, -0.25) is 0 Å². The van der Waals surface area contributed by atoms with Crippen LogP contribution in [0.5, 0.6) is 0 Å². The van der Waals surface area contributed by atoms with Gasteiger partial charge < -0.3 is 0 Å². The van der Waals surface area contributed by atoms with E-state index in [-0.39, 0.29) is 0 Å². The van der Waals surface area contributed by atoms with E-state index < -0.39 is 0 Å². The van der Waals surface area contributed by atoms with E-state index in [2.05, 4.69) is 43.5 Å². The average Bonchev–Trinajstić information content (AvgIpc) is 1.88. The van der Waals surface area contributed by atoms with Crippen LogP contribution < -0.4 is 0 Å². The summed E-state index contributed by atoms with van der Waals surface area (Å²) in [4.78, 5) is 4.20. The number of pyridine rings is 1. The Kier molecular flexibility index (Phi) is 2.91. The molecular formula is C6H5BrIN. The Morgan fingerprint density at radius 2 is 2.33 bits per heavy atom. The molecule has 0 N–H and O–H groups in total. The van der Waals surface area contributed by atoms with Gasteiger partial charge in [0.05, 0.1) is 5.69 Å². The third-order valence-corrected chi connectivity index (χ3v) is 2.13.